The number of phenolic OH excluding ortho intramolecular Hbond substituents is 1. The summed E-state index contributed by atoms with van der Waals surface area (Å²) < 4.78 is 20.4. The van der Waals surface area contributed by atoms with Crippen LogP contribution in [-0.4, -0.2) is 86.2 Å². The average molecular weight is 509 g/mol. The number of benzene rings is 2. The number of phenols is 1. The summed E-state index contributed by atoms with van der Waals surface area (Å²) in [6.45, 7) is 16.3. The molecule has 0 heterocycles. The topological polar surface area (TPSA) is 63.6 Å². The quantitative estimate of drug-likeness (QED) is 0.354. The predicted molar refractivity (Wildman–Crippen MR) is 154 cm³/mol. The van der Waals surface area contributed by atoms with Gasteiger partial charge in [0.15, 0.2) is 0 Å². The Bertz CT molecular complexity index is 618. The third-order valence-electron chi connectivity index (χ3n) is 4.88. The maximum absolute atomic E-state index is 9.22. The second-order valence-corrected chi connectivity index (χ2v) is 7.30. The van der Waals surface area contributed by atoms with Crippen molar-refractivity contribution in [2.75, 3.05) is 90.8 Å². The molecule has 0 fully saturated rings. The Morgan fingerprint density at radius 1 is 0.528 bits per heavy atom. The van der Waals surface area contributed by atoms with Crippen molar-refractivity contribution in [3.63, 3.8) is 0 Å². The normalized spacial score (nSPS) is 9.58. The molecule has 0 aliphatic carbocycles. The van der Waals surface area contributed by atoms with Crippen LogP contribution in [0.4, 0.5) is 11.4 Å². The van der Waals surface area contributed by atoms with E-state index in [1.807, 2.05) is 39.8 Å². The Hall–Kier alpha value is -2.32. The number of hydrogen-bond donors (Lipinski definition) is 1. The Morgan fingerprint density at radius 3 is 1.08 bits per heavy atom. The molecule has 0 aliphatic heterocycles. The van der Waals surface area contributed by atoms with Crippen LogP contribution in [0.5, 0.6) is 5.75 Å². The highest BCUT2D eigenvalue weighted by atomic mass is 16.5. The zero-order valence-electron chi connectivity index (χ0n) is 24.3. The molecule has 2 rings (SSSR count). The number of aromatic hydroxyl groups is 1. The van der Waals surface area contributed by atoms with Gasteiger partial charge in [-0.15, -0.1) is 0 Å². The lowest BCUT2D eigenvalue weighted by Gasteiger charge is -2.24. The molecule has 0 radical (unpaired) electrons. The van der Waals surface area contributed by atoms with E-state index < -0.39 is 0 Å². The fourth-order valence-corrected chi connectivity index (χ4v) is 2.96. The van der Waals surface area contributed by atoms with Crippen LogP contribution in [-0.2, 0) is 18.9 Å². The van der Waals surface area contributed by atoms with E-state index in [0.29, 0.717) is 13.2 Å². The molecule has 0 spiro atoms. The second kappa shape index (κ2) is 25.8. The molecule has 0 saturated carbocycles. The monoisotopic (exact) mass is 508 g/mol. The third kappa shape index (κ3) is 17.2. The molecule has 0 amide bonds. The van der Waals surface area contributed by atoms with Gasteiger partial charge in [-0.2, -0.15) is 0 Å². The van der Waals surface area contributed by atoms with E-state index in [9.17, 15) is 5.11 Å². The molecule has 0 unspecified atom stereocenters. The van der Waals surface area contributed by atoms with Gasteiger partial charge in [0.1, 0.15) is 5.75 Å². The standard InChI is InChI=1S/C13H21NO2.C12H19NO3.2C2H6/c1-12-4-6-13(7-5-12)14(8-10-15-2)9-11-16-3;1-15-9-7-13(8-10-16-2)11-3-5-12(14)6-4-11;2*1-2/h4-7H,8-11H2,1-3H3;3-6,14H,7-10H2,1-2H3;2*1-2H3. The van der Waals surface area contributed by atoms with Crippen LogP contribution in [0.25, 0.3) is 0 Å². The summed E-state index contributed by atoms with van der Waals surface area (Å²) in [5.74, 6) is 0.280. The Balaban J connectivity index is 0. The molecule has 208 valence electrons. The van der Waals surface area contributed by atoms with Gasteiger partial charge in [-0.05, 0) is 43.3 Å². The number of nitrogens with zero attached hydrogens (tertiary/aromatic N) is 2. The number of hydrogen-bond acceptors (Lipinski definition) is 7. The highest BCUT2D eigenvalue weighted by Gasteiger charge is 2.06. The Morgan fingerprint density at radius 2 is 0.806 bits per heavy atom. The molecule has 1 N–H and O–H groups in total. The summed E-state index contributed by atoms with van der Waals surface area (Å²) in [5, 5.41) is 9.22. The lowest BCUT2D eigenvalue weighted by atomic mass is 10.2. The van der Waals surface area contributed by atoms with Gasteiger partial charge in [0.2, 0.25) is 0 Å². The predicted octanol–water partition coefficient (Wildman–Crippen LogP) is 5.64. The zero-order chi connectivity index (χ0) is 27.6. The summed E-state index contributed by atoms with van der Waals surface area (Å²) in [7, 11) is 6.82. The van der Waals surface area contributed by atoms with E-state index in [-0.39, 0.29) is 5.75 Å². The molecular formula is C29H52N2O5. The number of aryl methyl sites for hydroxylation is 1. The van der Waals surface area contributed by atoms with Gasteiger partial charge in [0.25, 0.3) is 0 Å². The summed E-state index contributed by atoms with van der Waals surface area (Å²) in [4.78, 5) is 4.43. The molecule has 36 heavy (non-hydrogen) atoms. The van der Waals surface area contributed by atoms with Crippen molar-refractivity contribution in [3.05, 3.63) is 54.1 Å². The molecule has 0 aliphatic rings. The van der Waals surface area contributed by atoms with Gasteiger partial charge in [-0.25, -0.2) is 0 Å². The molecule has 7 heteroatoms. The number of rotatable bonds is 14. The van der Waals surface area contributed by atoms with Crippen molar-refractivity contribution in [3.8, 4) is 5.75 Å². The largest absolute Gasteiger partial charge is 0.508 e. The molecule has 2 aromatic carbocycles. The van der Waals surface area contributed by atoms with E-state index in [1.54, 1.807) is 40.6 Å². The van der Waals surface area contributed by atoms with E-state index in [1.165, 1.54) is 11.3 Å². The first kappa shape index (κ1) is 35.8. The fourth-order valence-electron chi connectivity index (χ4n) is 2.96. The lowest BCUT2D eigenvalue weighted by molar-refractivity contribution is 0.190. The SMILES string of the molecule is CC.CC.COCCN(CCOC)c1ccc(C)cc1.COCCN(CCOC)c1ccc(O)cc1. The average Bonchev–Trinajstić information content (AvgIpc) is 2.93. The highest BCUT2D eigenvalue weighted by molar-refractivity contribution is 5.49. The molecule has 0 bridgehead atoms. The van der Waals surface area contributed by atoms with Gasteiger partial charge in [0.05, 0.1) is 26.4 Å². The molecule has 0 aromatic heterocycles. The number of anilines is 2. The first-order valence-corrected chi connectivity index (χ1v) is 12.9. The van der Waals surface area contributed by atoms with E-state index in [0.717, 1.165) is 45.1 Å². The van der Waals surface area contributed by atoms with Crippen LogP contribution in [0.3, 0.4) is 0 Å². The van der Waals surface area contributed by atoms with Crippen LogP contribution in [0.2, 0.25) is 0 Å². The highest BCUT2D eigenvalue weighted by Crippen LogP contribution is 2.18. The molecule has 0 atom stereocenters. The minimum atomic E-state index is 0.280. The van der Waals surface area contributed by atoms with E-state index >= 15 is 0 Å². The second-order valence-electron chi connectivity index (χ2n) is 7.30. The first-order valence-electron chi connectivity index (χ1n) is 12.9. The minimum absolute atomic E-state index is 0.280. The number of ether oxygens (including phenoxy) is 4. The summed E-state index contributed by atoms with van der Waals surface area (Å²) in [6, 6.07) is 15.7. The summed E-state index contributed by atoms with van der Waals surface area (Å²) >= 11 is 0. The van der Waals surface area contributed by atoms with Crippen LogP contribution in [0, 0.1) is 6.92 Å². The van der Waals surface area contributed by atoms with Crippen LogP contribution in [0.15, 0.2) is 48.5 Å². The van der Waals surface area contributed by atoms with Gasteiger partial charge >= 0.3 is 0 Å². The van der Waals surface area contributed by atoms with Crippen molar-refractivity contribution in [1.29, 1.82) is 0 Å². The van der Waals surface area contributed by atoms with Gasteiger partial charge in [-0.1, -0.05) is 45.4 Å². The third-order valence-corrected chi connectivity index (χ3v) is 4.88. The maximum Gasteiger partial charge on any atom is 0.115 e. The number of methoxy groups -OCH3 is 4. The van der Waals surface area contributed by atoms with Gasteiger partial charge in [-0.3, -0.25) is 0 Å². The summed E-state index contributed by atoms with van der Waals surface area (Å²) in [5.41, 5.74) is 3.56. The van der Waals surface area contributed by atoms with Crippen molar-refractivity contribution in [2.24, 2.45) is 0 Å². The molecule has 0 saturated heterocycles. The molecular weight excluding hydrogens is 456 g/mol. The molecule has 2 aromatic rings. The van der Waals surface area contributed by atoms with E-state index in [2.05, 4.69) is 41.0 Å². The van der Waals surface area contributed by atoms with Crippen LogP contribution < -0.4 is 9.80 Å². The Kier molecular flexibility index (Phi) is 25.6. The van der Waals surface area contributed by atoms with Crippen molar-refractivity contribution >= 4 is 11.4 Å². The van der Waals surface area contributed by atoms with Gasteiger partial charge < -0.3 is 33.9 Å². The minimum Gasteiger partial charge on any atom is -0.508 e. The van der Waals surface area contributed by atoms with Crippen molar-refractivity contribution in [1.82, 2.24) is 0 Å². The smallest absolute Gasteiger partial charge is 0.115 e. The van der Waals surface area contributed by atoms with E-state index in [4.69, 9.17) is 18.9 Å². The zero-order valence-corrected chi connectivity index (χ0v) is 24.3. The Labute approximate surface area is 220 Å². The van der Waals surface area contributed by atoms with Crippen molar-refractivity contribution < 1.29 is 24.1 Å². The first-order chi connectivity index (χ1) is 17.5. The van der Waals surface area contributed by atoms with Crippen LogP contribution >= 0.6 is 0 Å². The lowest BCUT2D eigenvalue weighted by Crippen LogP contribution is -2.30. The fraction of sp³-hybridized carbons (Fsp3) is 0.586. The van der Waals surface area contributed by atoms with Crippen molar-refractivity contribution in [2.45, 2.75) is 34.6 Å². The summed E-state index contributed by atoms with van der Waals surface area (Å²) in [6.07, 6.45) is 0. The van der Waals surface area contributed by atoms with Gasteiger partial charge in [0, 0.05) is 66.0 Å². The maximum atomic E-state index is 9.22. The van der Waals surface area contributed by atoms with Crippen LogP contribution in [0.1, 0.15) is 33.3 Å². The molecule has 7 nitrogen and oxygen atoms in total.